The Morgan fingerprint density at radius 3 is 2.57 bits per heavy atom. The predicted molar refractivity (Wildman–Crippen MR) is 148 cm³/mol. The van der Waals surface area contributed by atoms with Crippen LogP contribution in [0.4, 0.5) is 14.6 Å². The summed E-state index contributed by atoms with van der Waals surface area (Å²) >= 11 is 12.1. The van der Waals surface area contributed by atoms with E-state index >= 15 is 4.39 Å². The topological polar surface area (TPSA) is 84.3 Å². The van der Waals surface area contributed by atoms with Gasteiger partial charge in [0.2, 0.25) is 9.48 Å². The number of aromatic hydroxyl groups is 1. The molecule has 1 aromatic carbocycles. The van der Waals surface area contributed by atoms with Crippen LogP contribution in [-0.4, -0.2) is 48.1 Å². The van der Waals surface area contributed by atoms with Crippen molar-refractivity contribution in [3.8, 4) is 34.1 Å². The van der Waals surface area contributed by atoms with Crippen LogP contribution < -0.4 is 9.64 Å². The Bertz CT molecular complexity index is 1280. The summed E-state index contributed by atoms with van der Waals surface area (Å²) in [5, 5.41) is 19.1. The van der Waals surface area contributed by atoms with E-state index in [1.165, 1.54) is 18.3 Å². The lowest BCUT2D eigenvalue weighted by Crippen LogP contribution is -2.49. The van der Waals surface area contributed by atoms with Crippen LogP contribution in [0.25, 0.3) is 22.5 Å². The molecule has 0 saturated heterocycles. The van der Waals surface area contributed by atoms with Gasteiger partial charge in [-0.2, -0.15) is 0 Å². The summed E-state index contributed by atoms with van der Waals surface area (Å²) in [6, 6.07) is 5.70. The van der Waals surface area contributed by atoms with Gasteiger partial charge in [0.05, 0.1) is 24.0 Å². The first-order valence-corrected chi connectivity index (χ1v) is 13.4. The van der Waals surface area contributed by atoms with Gasteiger partial charge in [-0.25, -0.2) is 18.7 Å². The molecule has 2 fully saturated rings. The maximum absolute atomic E-state index is 15.2. The van der Waals surface area contributed by atoms with Gasteiger partial charge in [-0.15, -0.1) is 48.1 Å². The highest BCUT2D eigenvalue weighted by Gasteiger charge is 2.42. The zero-order valence-corrected chi connectivity index (χ0v) is 22.7. The number of hydrogen-bond acceptors (Lipinski definition) is 10. The summed E-state index contributed by atoms with van der Waals surface area (Å²) < 4.78 is 33.6. The van der Waals surface area contributed by atoms with E-state index in [0.29, 0.717) is 22.9 Å². The number of pyridine rings is 1. The molecule has 0 aliphatic heterocycles. The number of benzene rings is 1. The first kappa shape index (κ1) is 26.3. The Hall–Kier alpha value is -2.31. The fourth-order valence-electron chi connectivity index (χ4n) is 5.44. The van der Waals surface area contributed by atoms with Crippen LogP contribution in [0, 0.1) is 17.7 Å². The van der Waals surface area contributed by atoms with E-state index in [0.717, 1.165) is 38.3 Å². The lowest BCUT2D eigenvalue weighted by molar-refractivity contribution is 0.0656. The van der Waals surface area contributed by atoms with Gasteiger partial charge in [-0.3, -0.25) is 0 Å². The van der Waals surface area contributed by atoms with Crippen LogP contribution >= 0.6 is 37.9 Å². The van der Waals surface area contributed by atoms with Crippen molar-refractivity contribution in [3.63, 3.8) is 0 Å². The summed E-state index contributed by atoms with van der Waals surface area (Å²) in [5.74, 6) is 0.637. The Morgan fingerprint density at radius 1 is 1.05 bits per heavy atom. The minimum atomic E-state index is -1.40. The van der Waals surface area contributed by atoms with Crippen molar-refractivity contribution in [2.75, 3.05) is 11.9 Å². The van der Waals surface area contributed by atoms with Crippen LogP contribution in [0.1, 0.15) is 32.1 Å². The van der Waals surface area contributed by atoms with Crippen molar-refractivity contribution < 1.29 is 18.6 Å². The van der Waals surface area contributed by atoms with Crippen molar-refractivity contribution in [2.24, 2.45) is 11.8 Å². The molecule has 4 atom stereocenters. The molecule has 0 radical (unpaired) electrons. The number of halogens is 2. The summed E-state index contributed by atoms with van der Waals surface area (Å²) in [4.78, 5) is 10.1. The molecule has 7 nitrogen and oxygen atoms in total. The largest absolute Gasteiger partial charge is 0.507 e. The molecule has 2 heterocycles. The molecule has 2 saturated carbocycles. The molecule has 0 amide bonds. The van der Waals surface area contributed by atoms with Crippen molar-refractivity contribution in [1.29, 1.82) is 0 Å². The minimum absolute atomic E-state index is 0.0596. The van der Waals surface area contributed by atoms with Crippen LogP contribution in [0.15, 0.2) is 36.7 Å². The van der Waals surface area contributed by atoms with E-state index in [1.54, 1.807) is 12.1 Å². The SMILES string of the molecule is CN(c1cnc(-c2ccc(-c3cc(OC(S)(S)S)ncc3F)cc2O)nn1)[C@H]1C[C@@H]2CCC[C@@H](C2)[C@H]1F. The van der Waals surface area contributed by atoms with E-state index in [1.807, 2.05) is 11.9 Å². The Labute approximate surface area is 230 Å². The first-order chi connectivity index (χ1) is 17.6. The third kappa shape index (κ3) is 5.75. The molecule has 0 spiro atoms. The molecule has 1 N–H and O–H groups in total. The minimum Gasteiger partial charge on any atom is -0.507 e. The normalized spacial score (nSPS) is 23.5. The zero-order valence-electron chi connectivity index (χ0n) is 20.0. The quantitative estimate of drug-likeness (QED) is 0.230. The highest BCUT2D eigenvalue weighted by Crippen LogP contribution is 2.43. The average molecular weight is 564 g/mol. The Morgan fingerprint density at radius 2 is 1.86 bits per heavy atom. The number of anilines is 1. The molecule has 12 heteroatoms. The fraction of sp³-hybridized carbons (Fsp3) is 0.440. The van der Waals surface area contributed by atoms with E-state index in [9.17, 15) is 9.50 Å². The second-order valence-electron chi connectivity index (χ2n) is 9.70. The van der Waals surface area contributed by atoms with Gasteiger partial charge in [0, 0.05) is 18.7 Å². The smallest absolute Gasteiger partial charge is 0.242 e. The second kappa shape index (κ2) is 10.5. The van der Waals surface area contributed by atoms with Crippen molar-refractivity contribution in [3.05, 3.63) is 42.5 Å². The van der Waals surface area contributed by atoms with Gasteiger partial charge in [-0.05, 0) is 48.8 Å². The van der Waals surface area contributed by atoms with E-state index in [-0.39, 0.29) is 35.0 Å². The van der Waals surface area contributed by atoms with Crippen molar-refractivity contribution >= 4 is 43.7 Å². The van der Waals surface area contributed by atoms with Gasteiger partial charge in [0.15, 0.2) is 11.6 Å². The molecule has 3 aromatic rings. The Kier molecular flexibility index (Phi) is 7.43. The average Bonchev–Trinajstić information content (AvgIpc) is 2.86. The van der Waals surface area contributed by atoms with Crippen LogP contribution in [-0.2, 0) is 0 Å². The number of phenols is 1. The summed E-state index contributed by atoms with van der Waals surface area (Å²) in [5.41, 5.74) is 0.863. The number of thiol groups is 3. The Balaban J connectivity index is 1.35. The monoisotopic (exact) mass is 563 g/mol. The highest BCUT2D eigenvalue weighted by molar-refractivity contribution is 8.16. The van der Waals surface area contributed by atoms with Gasteiger partial charge < -0.3 is 14.7 Å². The van der Waals surface area contributed by atoms with Crippen LogP contribution in [0.5, 0.6) is 11.6 Å². The third-order valence-electron chi connectivity index (χ3n) is 7.25. The summed E-state index contributed by atoms with van der Waals surface area (Å²) in [6.45, 7) is 0. The number of nitrogens with zero attached hydrogens (tertiary/aromatic N) is 5. The van der Waals surface area contributed by atoms with Gasteiger partial charge in [0.25, 0.3) is 0 Å². The predicted octanol–water partition coefficient (Wildman–Crippen LogP) is 5.58. The fourth-order valence-corrected chi connectivity index (χ4v) is 5.72. The third-order valence-corrected chi connectivity index (χ3v) is 7.52. The van der Waals surface area contributed by atoms with Crippen molar-refractivity contribution in [2.45, 2.75) is 47.9 Å². The van der Waals surface area contributed by atoms with Crippen LogP contribution in [0.3, 0.4) is 0 Å². The lowest BCUT2D eigenvalue weighted by atomic mass is 9.69. The molecule has 37 heavy (non-hydrogen) atoms. The van der Waals surface area contributed by atoms with Crippen molar-refractivity contribution in [1.82, 2.24) is 20.2 Å². The maximum Gasteiger partial charge on any atom is 0.242 e. The second-order valence-corrected chi connectivity index (χ2v) is 12.6. The van der Waals surface area contributed by atoms with Gasteiger partial charge in [0.1, 0.15) is 17.7 Å². The number of alkyl halides is 1. The molecular formula is C25H27F2N5O2S3. The number of hydrogen-bond donors (Lipinski definition) is 4. The zero-order chi connectivity index (χ0) is 26.3. The molecule has 2 bridgehead atoms. The number of fused-ring (bicyclic) bond motifs is 2. The molecule has 0 unspecified atom stereocenters. The number of aromatic nitrogens is 4. The molecule has 2 aliphatic rings. The number of rotatable bonds is 6. The number of phenolic OH excluding ortho intramolecular Hbond substituents is 1. The summed E-state index contributed by atoms with van der Waals surface area (Å²) in [6.07, 6.45) is 6.62. The standard InChI is InChI=1S/C25H27F2N5O2S3/c1-32(19-8-13-3-2-4-15(7-13)23(19)27)21-12-29-24(31-30-21)16-6-5-14(9-20(16)33)17-10-22(28-11-18(17)26)34-25(35,36)37/h5-6,9-13,15,19,23,33,35-37H,2-4,7-8H2,1H3/t13-,15+,19+,23-/m1/s1. The van der Waals surface area contributed by atoms with E-state index < -0.39 is 15.6 Å². The lowest BCUT2D eigenvalue weighted by Gasteiger charge is -2.45. The van der Waals surface area contributed by atoms with Crippen LogP contribution in [0.2, 0.25) is 0 Å². The first-order valence-electron chi connectivity index (χ1n) is 12.0. The van der Waals surface area contributed by atoms with Gasteiger partial charge >= 0.3 is 0 Å². The van der Waals surface area contributed by atoms with E-state index in [2.05, 4.69) is 58.1 Å². The molecular weight excluding hydrogens is 537 g/mol. The molecule has 2 aromatic heterocycles. The van der Waals surface area contributed by atoms with Gasteiger partial charge in [-0.1, -0.05) is 18.9 Å². The molecule has 196 valence electrons. The molecule has 2 aliphatic carbocycles. The maximum atomic E-state index is 15.2. The highest BCUT2D eigenvalue weighted by atomic mass is 32.2. The molecule has 5 rings (SSSR count). The summed E-state index contributed by atoms with van der Waals surface area (Å²) in [7, 11) is 1.83. The van der Waals surface area contributed by atoms with E-state index in [4.69, 9.17) is 4.74 Å². The number of ether oxygens (including phenoxy) is 1.